The second-order valence-corrected chi connectivity index (χ2v) is 5.11. The zero-order valence-electron chi connectivity index (χ0n) is 9.59. The van der Waals surface area contributed by atoms with Gasteiger partial charge in [0.1, 0.15) is 4.88 Å². The highest BCUT2D eigenvalue weighted by Gasteiger charge is 2.13. The summed E-state index contributed by atoms with van der Waals surface area (Å²) in [4.78, 5) is 12.3. The predicted molar refractivity (Wildman–Crippen MR) is 72.6 cm³/mol. The van der Waals surface area contributed by atoms with Crippen molar-refractivity contribution < 1.29 is 9.53 Å². The third kappa shape index (κ3) is 4.84. The largest absolute Gasteiger partial charge is 0.380 e. The van der Waals surface area contributed by atoms with Gasteiger partial charge in [-0.2, -0.15) is 0 Å². The standard InChI is InChI=1S/C11H15Cl2NO2S/c1-8-7-17-10(9(8)13)11(15)14-4-2-5-16-6-3-12/h7H,2-6H2,1H3,(H,14,15). The molecule has 0 saturated heterocycles. The molecule has 0 aliphatic heterocycles. The van der Waals surface area contributed by atoms with Gasteiger partial charge in [-0.15, -0.1) is 22.9 Å². The summed E-state index contributed by atoms with van der Waals surface area (Å²) in [6.45, 7) is 3.61. The molecular weight excluding hydrogens is 281 g/mol. The Morgan fingerprint density at radius 1 is 1.53 bits per heavy atom. The van der Waals surface area contributed by atoms with E-state index in [0.717, 1.165) is 12.0 Å². The first-order chi connectivity index (χ1) is 8.16. The molecular formula is C11H15Cl2NO2S. The van der Waals surface area contributed by atoms with Crippen LogP contribution in [0.25, 0.3) is 0 Å². The molecule has 1 heterocycles. The summed E-state index contributed by atoms with van der Waals surface area (Å²) in [6.07, 6.45) is 0.768. The van der Waals surface area contributed by atoms with E-state index in [1.165, 1.54) is 11.3 Å². The lowest BCUT2D eigenvalue weighted by Crippen LogP contribution is -2.24. The minimum absolute atomic E-state index is 0.120. The smallest absolute Gasteiger partial charge is 0.262 e. The molecule has 1 aromatic heterocycles. The number of halogens is 2. The number of hydrogen-bond donors (Lipinski definition) is 1. The lowest BCUT2D eigenvalue weighted by Gasteiger charge is -2.04. The van der Waals surface area contributed by atoms with Gasteiger partial charge in [0.2, 0.25) is 0 Å². The fourth-order valence-electron chi connectivity index (χ4n) is 1.20. The first-order valence-electron chi connectivity index (χ1n) is 5.32. The van der Waals surface area contributed by atoms with E-state index in [4.69, 9.17) is 27.9 Å². The number of thiophene rings is 1. The summed E-state index contributed by atoms with van der Waals surface area (Å²) < 4.78 is 5.19. The second-order valence-electron chi connectivity index (χ2n) is 3.47. The molecule has 1 amide bonds. The molecule has 0 fully saturated rings. The SMILES string of the molecule is Cc1csc(C(=O)NCCCOCCCl)c1Cl. The number of carbonyl (C=O) groups is 1. The fraction of sp³-hybridized carbons (Fsp3) is 0.545. The van der Waals surface area contributed by atoms with Crippen LogP contribution in [0.15, 0.2) is 5.38 Å². The quantitative estimate of drug-likeness (QED) is 0.620. The maximum Gasteiger partial charge on any atom is 0.262 e. The number of aryl methyl sites for hydroxylation is 1. The minimum atomic E-state index is -0.120. The molecule has 0 radical (unpaired) electrons. The lowest BCUT2D eigenvalue weighted by molar-refractivity contribution is 0.0948. The normalized spacial score (nSPS) is 10.5. The molecule has 0 atom stereocenters. The van der Waals surface area contributed by atoms with Gasteiger partial charge >= 0.3 is 0 Å². The van der Waals surface area contributed by atoms with Crippen LogP contribution >= 0.6 is 34.5 Å². The summed E-state index contributed by atoms with van der Waals surface area (Å²) >= 11 is 12.8. The van der Waals surface area contributed by atoms with Crippen molar-refractivity contribution in [3.8, 4) is 0 Å². The first kappa shape index (κ1) is 14.8. The number of alkyl halides is 1. The summed E-state index contributed by atoms with van der Waals surface area (Å²) in [5, 5.41) is 5.23. The van der Waals surface area contributed by atoms with Crippen LogP contribution in [0.2, 0.25) is 5.02 Å². The van der Waals surface area contributed by atoms with Crippen molar-refractivity contribution in [3.05, 3.63) is 20.8 Å². The Kier molecular flexibility index (Phi) is 6.89. The van der Waals surface area contributed by atoms with E-state index in [1.54, 1.807) is 0 Å². The van der Waals surface area contributed by atoms with Gasteiger partial charge in [-0.3, -0.25) is 4.79 Å². The highest BCUT2D eigenvalue weighted by Crippen LogP contribution is 2.26. The van der Waals surface area contributed by atoms with Crippen LogP contribution in [0.4, 0.5) is 0 Å². The predicted octanol–water partition coefficient (Wildman–Crippen LogP) is 3.09. The maximum atomic E-state index is 11.7. The summed E-state index contributed by atoms with van der Waals surface area (Å²) in [5.41, 5.74) is 0.937. The van der Waals surface area contributed by atoms with Crippen LogP contribution in [0.1, 0.15) is 21.7 Å². The maximum absolute atomic E-state index is 11.7. The topological polar surface area (TPSA) is 38.3 Å². The number of rotatable bonds is 7. The molecule has 17 heavy (non-hydrogen) atoms. The van der Waals surface area contributed by atoms with Crippen molar-refractivity contribution in [2.75, 3.05) is 25.6 Å². The van der Waals surface area contributed by atoms with Crippen molar-refractivity contribution in [2.24, 2.45) is 0 Å². The van der Waals surface area contributed by atoms with Gasteiger partial charge in [0, 0.05) is 19.0 Å². The second kappa shape index (κ2) is 7.93. The van der Waals surface area contributed by atoms with Crippen LogP contribution in [-0.2, 0) is 4.74 Å². The van der Waals surface area contributed by atoms with Gasteiger partial charge in [-0.25, -0.2) is 0 Å². The molecule has 96 valence electrons. The number of hydrogen-bond acceptors (Lipinski definition) is 3. The van der Waals surface area contributed by atoms with E-state index < -0.39 is 0 Å². The summed E-state index contributed by atoms with van der Waals surface area (Å²) in [5.74, 6) is 0.377. The number of ether oxygens (including phenoxy) is 1. The van der Waals surface area contributed by atoms with Crippen LogP contribution < -0.4 is 5.32 Å². The monoisotopic (exact) mass is 295 g/mol. The number of carbonyl (C=O) groups excluding carboxylic acids is 1. The van der Waals surface area contributed by atoms with Crippen LogP contribution in [-0.4, -0.2) is 31.5 Å². The Labute approximate surface area is 115 Å². The highest BCUT2D eigenvalue weighted by molar-refractivity contribution is 7.13. The Hall–Kier alpha value is -0.290. The number of nitrogens with one attached hydrogen (secondary N) is 1. The molecule has 0 saturated carbocycles. The molecule has 3 nitrogen and oxygen atoms in total. The average Bonchev–Trinajstić information content (AvgIpc) is 2.64. The molecule has 1 rings (SSSR count). The van der Waals surface area contributed by atoms with Gasteiger partial charge in [0.15, 0.2) is 0 Å². The van der Waals surface area contributed by atoms with Gasteiger partial charge < -0.3 is 10.1 Å². The molecule has 0 aromatic carbocycles. The number of amides is 1. The van der Waals surface area contributed by atoms with E-state index >= 15 is 0 Å². The van der Waals surface area contributed by atoms with Crippen LogP contribution in [0, 0.1) is 6.92 Å². The van der Waals surface area contributed by atoms with Crippen molar-refractivity contribution >= 4 is 40.4 Å². The molecule has 0 spiro atoms. The van der Waals surface area contributed by atoms with E-state index in [2.05, 4.69) is 5.32 Å². The Balaban J connectivity index is 2.24. The van der Waals surface area contributed by atoms with E-state index in [-0.39, 0.29) is 5.91 Å². The van der Waals surface area contributed by atoms with Crippen LogP contribution in [0.5, 0.6) is 0 Å². The van der Waals surface area contributed by atoms with Crippen molar-refractivity contribution in [3.63, 3.8) is 0 Å². The lowest BCUT2D eigenvalue weighted by atomic mass is 10.3. The zero-order chi connectivity index (χ0) is 12.7. The fourth-order valence-corrected chi connectivity index (χ4v) is 2.50. The molecule has 0 bridgehead atoms. The minimum Gasteiger partial charge on any atom is -0.380 e. The van der Waals surface area contributed by atoms with E-state index in [0.29, 0.717) is 35.5 Å². The molecule has 0 aliphatic carbocycles. The molecule has 1 aromatic rings. The van der Waals surface area contributed by atoms with Gasteiger partial charge in [-0.05, 0) is 24.3 Å². The zero-order valence-corrected chi connectivity index (χ0v) is 11.9. The first-order valence-corrected chi connectivity index (χ1v) is 7.11. The van der Waals surface area contributed by atoms with Crippen molar-refractivity contribution in [2.45, 2.75) is 13.3 Å². The average molecular weight is 296 g/mol. The Morgan fingerprint density at radius 2 is 2.29 bits per heavy atom. The Morgan fingerprint density at radius 3 is 2.88 bits per heavy atom. The summed E-state index contributed by atoms with van der Waals surface area (Å²) in [6, 6.07) is 0. The van der Waals surface area contributed by atoms with Gasteiger partial charge in [0.05, 0.1) is 11.6 Å². The van der Waals surface area contributed by atoms with E-state index in [9.17, 15) is 4.79 Å². The van der Waals surface area contributed by atoms with E-state index in [1.807, 2.05) is 12.3 Å². The third-order valence-electron chi connectivity index (χ3n) is 2.08. The van der Waals surface area contributed by atoms with Crippen molar-refractivity contribution in [1.82, 2.24) is 5.32 Å². The summed E-state index contributed by atoms with van der Waals surface area (Å²) in [7, 11) is 0. The third-order valence-corrected chi connectivity index (χ3v) is 3.93. The Bertz CT molecular complexity index is 368. The van der Waals surface area contributed by atoms with Crippen LogP contribution in [0.3, 0.4) is 0 Å². The highest BCUT2D eigenvalue weighted by atomic mass is 35.5. The molecule has 6 heteroatoms. The van der Waals surface area contributed by atoms with Gasteiger partial charge in [-0.1, -0.05) is 11.6 Å². The molecule has 1 N–H and O–H groups in total. The molecule has 0 unspecified atom stereocenters. The van der Waals surface area contributed by atoms with Gasteiger partial charge in [0.25, 0.3) is 5.91 Å². The van der Waals surface area contributed by atoms with Crippen molar-refractivity contribution in [1.29, 1.82) is 0 Å². The molecule has 0 aliphatic rings.